The van der Waals surface area contributed by atoms with Gasteiger partial charge in [0.15, 0.2) is 0 Å². The first-order chi connectivity index (χ1) is 16.2. The van der Waals surface area contributed by atoms with Gasteiger partial charge in [-0.05, 0) is 48.6 Å². The molecular formula is C32H58O2. The molecule has 0 aliphatic rings. The molecule has 0 amide bonds. The van der Waals surface area contributed by atoms with E-state index in [4.69, 9.17) is 9.47 Å². The third-order valence-electron chi connectivity index (χ3n) is 7.82. The Morgan fingerprint density at radius 2 is 0.824 bits per heavy atom. The van der Waals surface area contributed by atoms with Crippen molar-refractivity contribution in [3.05, 3.63) is 23.3 Å². The summed E-state index contributed by atoms with van der Waals surface area (Å²) in [5.41, 5.74) is 2.72. The lowest BCUT2D eigenvalue weighted by molar-refractivity contribution is 0.280. The first-order valence-corrected chi connectivity index (χ1v) is 14.7. The predicted molar refractivity (Wildman–Crippen MR) is 151 cm³/mol. The van der Waals surface area contributed by atoms with Crippen molar-refractivity contribution in [1.29, 1.82) is 0 Å². The fourth-order valence-electron chi connectivity index (χ4n) is 4.37. The van der Waals surface area contributed by atoms with Crippen LogP contribution >= 0.6 is 0 Å². The summed E-state index contributed by atoms with van der Waals surface area (Å²) in [6.45, 7) is 20.1. The molecule has 1 aromatic carbocycles. The maximum Gasteiger partial charge on any atom is 0.123 e. The number of unbranched alkanes of at least 4 members (excludes halogenated alkanes) is 10. The van der Waals surface area contributed by atoms with E-state index in [0.717, 1.165) is 50.4 Å². The smallest absolute Gasteiger partial charge is 0.123 e. The van der Waals surface area contributed by atoms with E-state index in [9.17, 15) is 0 Å². The first kappa shape index (κ1) is 30.9. The number of ether oxygens (including phenoxy) is 2. The zero-order valence-corrected chi connectivity index (χ0v) is 24.3. The molecule has 0 aliphatic heterocycles. The molecule has 0 atom stereocenters. The van der Waals surface area contributed by atoms with Gasteiger partial charge in [-0.25, -0.2) is 0 Å². The monoisotopic (exact) mass is 474 g/mol. The average Bonchev–Trinajstić information content (AvgIpc) is 2.82. The van der Waals surface area contributed by atoms with Crippen molar-refractivity contribution >= 4 is 0 Å². The Morgan fingerprint density at radius 3 is 1.15 bits per heavy atom. The van der Waals surface area contributed by atoms with Crippen molar-refractivity contribution in [3.63, 3.8) is 0 Å². The molecule has 34 heavy (non-hydrogen) atoms. The van der Waals surface area contributed by atoms with E-state index < -0.39 is 0 Å². The molecule has 0 bridgehead atoms. The fraction of sp³-hybridized carbons (Fsp3) is 0.812. The number of hydrogen-bond donors (Lipinski definition) is 0. The third kappa shape index (κ3) is 10.6. The highest BCUT2D eigenvalue weighted by Crippen LogP contribution is 2.43. The van der Waals surface area contributed by atoms with Crippen LogP contribution in [0.2, 0.25) is 0 Å². The zero-order valence-electron chi connectivity index (χ0n) is 24.3. The fourth-order valence-corrected chi connectivity index (χ4v) is 4.37. The van der Waals surface area contributed by atoms with E-state index in [0.29, 0.717) is 0 Å². The second-order valence-electron chi connectivity index (χ2n) is 11.6. The molecule has 0 unspecified atom stereocenters. The molecule has 0 N–H and O–H groups in total. The maximum absolute atomic E-state index is 6.49. The Morgan fingerprint density at radius 1 is 0.500 bits per heavy atom. The van der Waals surface area contributed by atoms with E-state index in [-0.39, 0.29) is 10.8 Å². The van der Waals surface area contributed by atoms with Crippen LogP contribution in [0.25, 0.3) is 0 Å². The van der Waals surface area contributed by atoms with Gasteiger partial charge in [-0.3, -0.25) is 0 Å². The Labute approximate surface area is 213 Å². The topological polar surface area (TPSA) is 18.5 Å². The van der Waals surface area contributed by atoms with Gasteiger partial charge in [-0.1, -0.05) is 120 Å². The molecule has 0 saturated carbocycles. The van der Waals surface area contributed by atoms with Gasteiger partial charge < -0.3 is 9.47 Å². The van der Waals surface area contributed by atoms with Crippen LogP contribution < -0.4 is 9.47 Å². The number of hydrogen-bond acceptors (Lipinski definition) is 2. The molecule has 0 fully saturated rings. The van der Waals surface area contributed by atoms with Crippen molar-refractivity contribution in [3.8, 4) is 11.5 Å². The lowest BCUT2D eigenvalue weighted by Gasteiger charge is -2.32. The van der Waals surface area contributed by atoms with Gasteiger partial charge in [0.2, 0.25) is 0 Å². The molecule has 2 nitrogen and oxygen atoms in total. The zero-order chi connectivity index (χ0) is 25.5. The summed E-state index contributed by atoms with van der Waals surface area (Å²) in [5, 5.41) is 0. The van der Waals surface area contributed by atoms with Crippen LogP contribution in [-0.2, 0) is 10.8 Å². The summed E-state index contributed by atoms with van der Waals surface area (Å²) < 4.78 is 13.0. The number of rotatable bonds is 20. The molecule has 0 aromatic heterocycles. The lowest BCUT2D eigenvalue weighted by atomic mass is 9.77. The van der Waals surface area contributed by atoms with E-state index in [1.165, 1.54) is 75.3 Å². The molecule has 2 heteroatoms. The standard InChI is InChI=1S/C32H58O2/c1-9-13-15-17-19-21-23-33-29-25-28(32(7,8)12-4)30(26-27(29)31(5,6)11-3)34-24-22-20-18-16-14-10-2/h25-26H,9-24H2,1-8H3. The van der Waals surface area contributed by atoms with Gasteiger partial charge in [0.05, 0.1) is 13.2 Å². The Hall–Kier alpha value is -1.18. The van der Waals surface area contributed by atoms with Crippen molar-refractivity contribution in [1.82, 2.24) is 0 Å². The summed E-state index contributed by atoms with van der Waals surface area (Å²) in [5.74, 6) is 2.15. The summed E-state index contributed by atoms with van der Waals surface area (Å²) in [7, 11) is 0. The minimum Gasteiger partial charge on any atom is -0.493 e. The van der Waals surface area contributed by atoms with Gasteiger partial charge in [0.1, 0.15) is 11.5 Å². The minimum absolute atomic E-state index is 0.0591. The van der Waals surface area contributed by atoms with Crippen LogP contribution in [0.4, 0.5) is 0 Å². The van der Waals surface area contributed by atoms with Crippen LogP contribution in [0, 0.1) is 0 Å². The normalized spacial score (nSPS) is 12.2. The second kappa shape index (κ2) is 16.5. The minimum atomic E-state index is 0.0591. The van der Waals surface area contributed by atoms with Gasteiger partial charge in [-0.15, -0.1) is 0 Å². The van der Waals surface area contributed by atoms with E-state index in [1.807, 2.05) is 0 Å². The molecule has 0 aliphatic carbocycles. The van der Waals surface area contributed by atoms with E-state index >= 15 is 0 Å². The Bertz CT molecular complexity index is 601. The molecule has 0 saturated heterocycles. The first-order valence-electron chi connectivity index (χ1n) is 14.7. The van der Waals surface area contributed by atoms with Crippen molar-refractivity contribution < 1.29 is 9.47 Å². The Kier molecular flexibility index (Phi) is 15.0. The van der Waals surface area contributed by atoms with Gasteiger partial charge in [0, 0.05) is 11.1 Å². The average molecular weight is 475 g/mol. The SMILES string of the molecule is CCCCCCCCOc1cc(C(C)(C)CC)c(OCCCCCCCC)cc1C(C)(C)CC. The van der Waals surface area contributed by atoms with Crippen molar-refractivity contribution in [2.45, 2.75) is 156 Å². The van der Waals surface area contributed by atoms with E-state index in [2.05, 4.69) is 67.5 Å². The second-order valence-corrected chi connectivity index (χ2v) is 11.6. The van der Waals surface area contributed by atoms with Crippen molar-refractivity contribution in [2.24, 2.45) is 0 Å². The van der Waals surface area contributed by atoms with Crippen LogP contribution in [0.3, 0.4) is 0 Å². The van der Waals surface area contributed by atoms with Gasteiger partial charge in [-0.2, -0.15) is 0 Å². The highest BCUT2D eigenvalue weighted by Gasteiger charge is 2.29. The van der Waals surface area contributed by atoms with Gasteiger partial charge >= 0.3 is 0 Å². The maximum atomic E-state index is 6.49. The molecule has 198 valence electrons. The summed E-state index contributed by atoms with van der Waals surface area (Å²) >= 11 is 0. The summed E-state index contributed by atoms with van der Waals surface area (Å²) in [4.78, 5) is 0. The lowest BCUT2D eigenvalue weighted by Crippen LogP contribution is -2.22. The largest absolute Gasteiger partial charge is 0.493 e. The molecule has 1 rings (SSSR count). The molecule has 0 heterocycles. The third-order valence-corrected chi connectivity index (χ3v) is 7.82. The van der Waals surface area contributed by atoms with E-state index in [1.54, 1.807) is 0 Å². The highest BCUT2D eigenvalue weighted by atomic mass is 16.5. The number of benzene rings is 1. The summed E-state index contributed by atoms with van der Waals surface area (Å²) in [6.07, 6.45) is 17.6. The van der Waals surface area contributed by atoms with Gasteiger partial charge in [0.25, 0.3) is 0 Å². The quantitative estimate of drug-likeness (QED) is 0.175. The van der Waals surface area contributed by atoms with Crippen LogP contribution in [0.1, 0.15) is 156 Å². The van der Waals surface area contributed by atoms with Crippen LogP contribution in [-0.4, -0.2) is 13.2 Å². The Balaban J connectivity index is 3.02. The van der Waals surface area contributed by atoms with Crippen LogP contribution in [0.5, 0.6) is 11.5 Å². The predicted octanol–water partition coefficient (Wildman–Crippen LogP) is 10.5. The summed E-state index contributed by atoms with van der Waals surface area (Å²) in [6, 6.07) is 4.65. The highest BCUT2D eigenvalue weighted by molar-refractivity contribution is 5.52. The molecule has 0 spiro atoms. The molecular weight excluding hydrogens is 416 g/mol. The van der Waals surface area contributed by atoms with Crippen molar-refractivity contribution in [2.75, 3.05) is 13.2 Å². The molecule has 0 radical (unpaired) electrons. The molecule has 1 aromatic rings. The van der Waals surface area contributed by atoms with Crippen LogP contribution in [0.15, 0.2) is 12.1 Å².